The Labute approximate surface area is 198 Å². The van der Waals surface area contributed by atoms with Crippen LogP contribution in [0, 0.1) is 0 Å². The van der Waals surface area contributed by atoms with Crippen molar-refractivity contribution < 1.29 is 8.42 Å². The molecule has 1 saturated carbocycles. The number of halogens is 1. The number of hydrogen-bond acceptors (Lipinski definition) is 4. The minimum absolute atomic E-state index is 0. The summed E-state index contributed by atoms with van der Waals surface area (Å²) in [7, 11) is -1.62. The van der Waals surface area contributed by atoms with Crippen LogP contribution in [0.5, 0.6) is 0 Å². The van der Waals surface area contributed by atoms with E-state index in [2.05, 4.69) is 32.2 Å². The monoisotopic (exact) mass is 549 g/mol. The van der Waals surface area contributed by atoms with E-state index < -0.39 is 10.0 Å². The third-order valence-corrected chi connectivity index (χ3v) is 7.21. The van der Waals surface area contributed by atoms with Crippen molar-refractivity contribution in [2.45, 2.75) is 69.0 Å². The van der Waals surface area contributed by atoms with Gasteiger partial charge in [-0.15, -0.1) is 24.0 Å². The molecule has 1 aliphatic heterocycles. The molecule has 0 aromatic heterocycles. The molecule has 1 aromatic rings. The average Bonchev–Trinajstić information content (AvgIpc) is 3.52. The largest absolute Gasteiger partial charge is 0.356 e. The van der Waals surface area contributed by atoms with Crippen LogP contribution < -0.4 is 15.4 Å². The molecule has 3 N–H and O–H groups in total. The minimum Gasteiger partial charge on any atom is -0.356 e. The van der Waals surface area contributed by atoms with Gasteiger partial charge in [-0.2, -0.15) is 0 Å². The molecular formula is C21H36IN5O2S. The summed E-state index contributed by atoms with van der Waals surface area (Å²) in [4.78, 5) is 7.17. The van der Waals surface area contributed by atoms with E-state index >= 15 is 0 Å². The summed E-state index contributed by atoms with van der Waals surface area (Å²) < 4.78 is 27.2. The Morgan fingerprint density at radius 3 is 2.50 bits per heavy atom. The van der Waals surface area contributed by atoms with E-state index in [4.69, 9.17) is 0 Å². The van der Waals surface area contributed by atoms with E-state index in [9.17, 15) is 8.42 Å². The highest BCUT2D eigenvalue weighted by Gasteiger charge is 2.27. The molecule has 3 rings (SSSR count). The Morgan fingerprint density at radius 2 is 1.87 bits per heavy atom. The zero-order valence-electron chi connectivity index (χ0n) is 18.1. The summed E-state index contributed by atoms with van der Waals surface area (Å²) in [5.41, 5.74) is 1.01. The fourth-order valence-corrected chi connectivity index (χ4v) is 4.97. The average molecular weight is 550 g/mol. The van der Waals surface area contributed by atoms with Gasteiger partial charge in [0.15, 0.2) is 5.96 Å². The molecule has 0 bridgehead atoms. The first-order valence-corrected chi connectivity index (χ1v) is 12.3. The zero-order chi connectivity index (χ0) is 20.7. The van der Waals surface area contributed by atoms with Gasteiger partial charge >= 0.3 is 0 Å². The Balaban J connectivity index is 0.00000320. The lowest BCUT2D eigenvalue weighted by Gasteiger charge is -2.33. The standard InChI is InChI=1S/C21H35N5O2S.HI/c1-17-6-3-4-14-26(17)15-5-13-23-21(22-2)24-16-18-7-11-20(12-8-18)29(27,28)25-19-9-10-19;/h7-8,11-12,17,19,25H,3-6,9-10,13-16H2,1-2H3,(H2,22,23,24);1H. The van der Waals surface area contributed by atoms with E-state index in [1.807, 2.05) is 12.1 Å². The third kappa shape index (κ3) is 7.97. The highest BCUT2D eigenvalue weighted by atomic mass is 127. The second-order valence-corrected chi connectivity index (χ2v) is 9.84. The first-order valence-electron chi connectivity index (χ1n) is 10.8. The van der Waals surface area contributed by atoms with Crippen molar-refractivity contribution in [2.75, 3.05) is 26.7 Å². The first-order chi connectivity index (χ1) is 14.0. The number of nitrogens with zero attached hydrogens (tertiary/aromatic N) is 2. The zero-order valence-corrected chi connectivity index (χ0v) is 21.2. The first kappa shape index (κ1) is 25.4. The van der Waals surface area contributed by atoms with Crippen LogP contribution in [-0.2, 0) is 16.6 Å². The van der Waals surface area contributed by atoms with Crippen molar-refractivity contribution in [3.63, 3.8) is 0 Å². The van der Waals surface area contributed by atoms with Crippen LogP contribution in [0.3, 0.4) is 0 Å². The molecule has 1 heterocycles. The van der Waals surface area contributed by atoms with Crippen LogP contribution in [0.4, 0.5) is 0 Å². The molecule has 1 saturated heterocycles. The van der Waals surface area contributed by atoms with Gasteiger partial charge in [0, 0.05) is 38.8 Å². The lowest BCUT2D eigenvalue weighted by atomic mass is 10.0. The SMILES string of the molecule is CN=C(NCCCN1CCCCC1C)NCc1ccc(S(=O)(=O)NC2CC2)cc1.I. The second kappa shape index (κ2) is 12.2. The fraction of sp³-hybridized carbons (Fsp3) is 0.667. The van der Waals surface area contributed by atoms with E-state index in [1.165, 1.54) is 25.8 Å². The number of guanidine groups is 1. The molecule has 7 nitrogen and oxygen atoms in total. The Kier molecular flexibility index (Phi) is 10.3. The van der Waals surface area contributed by atoms with E-state index in [0.29, 0.717) is 17.5 Å². The van der Waals surface area contributed by atoms with E-state index in [1.54, 1.807) is 19.2 Å². The normalized spacial score (nSPS) is 20.5. The molecule has 1 unspecified atom stereocenters. The predicted molar refractivity (Wildman–Crippen MR) is 133 cm³/mol. The van der Waals surface area contributed by atoms with Crippen LogP contribution >= 0.6 is 24.0 Å². The van der Waals surface area contributed by atoms with Crippen molar-refractivity contribution in [2.24, 2.45) is 4.99 Å². The smallest absolute Gasteiger partial charge is 0.240 e. The predicted octanol–water partition coefficient (Wildman–Crippen LogP) is 2.67. The van der Waals surface area contributed by atoms with Crippen molar-refractivity contribution in [3.8, 4) is 0 Å². The van der Waals surface area contributed by atoms with Gasteiger partial charge < -0.3 is 15.5 Å². The van der Waals surface area contributed by atoms with Gasteiger partial charge in [-0.1, -0.05) is 18.6 Å². The van der Waals surface area contributed by atoms with Crippen LogP contribution in [0.2, 0.25) is 0 Å². The lowest BCUT2D eigenvalue weighted by molar-refractivity contribution is 0.159. The highest BCUT2D eigenvalue weighted by molar-refractivity contribution is 14.0. The molecule has 1 aliphatic carbocycles. The van der Waals surface area contributed by atoms with Crippen LogP contribution in [0.15, 0.2) is 34.2 Å². The number of benzene rings is 1. The Bertz CT molecular complexity index is 781. The summed E-state index contributed by atoms with van der Waals surface area (Å²) in [5, 5.41) is 6.66. The van der Waals surface area contributed by atoms with Crippen molar-refractivity contribution in [3.05, 3.63) is 29.8 Å². The molecule has 0 spiro atoms. The number of piperidine rings is 1. The number of sulfonamides is 1. The summed E-state index contributed by atoms with van der Waals surface area (Å²) in [6, 6.07) is 7.84. The van der Waals surface area contributed by atoms with E-state index in [0.717, 1.165) is 43.9 Å². The van der Waals surface area contributed by atoms with Crippen LogP contribution in [-0.4, -0.2) is 58.0 Å². The molecule has 2 fully saturated rings. The molecular weight excluding hydrogens is 513 g/mol. The van der Waals surface area contributed by atoms with Gasteiger partial charge in [-0.3, -0.25) is 4.99 Å². The summed E-state index contributed by atoms with van der Waals surface area (Å²) in [6.07, 6.45) is 6.95. The number of likely N-dealkylation sites (tertiary alicyclic amines) is 1. The summed E-state index contributed by atoms with van der Waals surface area (Å²) in [6.45, 7) is 6.14. The molecule has 9 heteroatoms. The van der Waals surface area contributed by atoms with Gasteiger partial charge in [0.05, 0.1) is 4.90 Å². The third-order valence-electron chi connectivity index (χ3n) is 5.67. The number of nitrogens with one attached hydrogen (secondary N) is 3. The minimum atomic E-state index is -3.39. The molecule has 1 atom stereocenters. The lowest BCUT2D eigenvalue weighted by Crippen LogP contribution is -2.41. The van der Waals surface area contributed by atoms with Gasteiger partial charge in [-0.05, 0) is 63.3 Å². The van der Waals surface area contributed by atoms with Gasteiger partial charge in [0.1, 0.15) is 0 Å². The van der Waals surface area contributed by atoms with E-state index in [-0.39, 0.29) is 30.0 Å². The molecule has 2 aliphatic rings. The Morgan fingerprint density at radius 1 is 1.13 bits per heavy atom. The molecule has 0 amide bonds. The molecule has 0 radical (unpaired) electrons. The van der Waals surface area contributed by atoms with Crippen molar-refractivity contribution >= 4 is 40.0 Å². The van der Waals surface area contributed by atoms with Crippen molar-refractivity contribution in [1.82, 2.24) is 20.3 Å². The number of rotatable bonds is 9. The van der Waals surface area contributed by atoms with Gasteiger partial charge in [-0.25, -0.2) is 13.1 Å². The quantitative estimate of drug-likeness (QED) is 0.191. The molecule has 30 heavy (non-hydrogen) atoms. The van der Waals surface area contributed by atoms with Gasteiger partial charge in [0.2, 0.25) is 10.0 Å². The maximum atomic E-state index is 12.2. The molecule has 1 aromatic carbocycles. The second-order valence-electron chi connectivity index (χ2n) is 8.13. The van der Waals surface area contributed by atoms with Crippen LogP contribution in [0.1, 0.15) is 51.0 Å². The maximum absolute atomic E-state index is 12.2. The Hall–Kier alpha value is -0.910. The fourth-order valence-electron chi connectivity index (χ4n) is 3.66. The van der Waals surface area contributed by atoms with Crippen LogP contribution in [0.25, 0.3) is 0 Å². The van der Waals surface area contributed by atoms with Gasteiger partial charge in [0.25, 0.3) is 0 Å². The summed E-state index contributed by atoms with van der Waals surface area (Å²) in [5.74, 6) is 0.767. The summed E-state index contributed by atoms with van der Waals surface area (Å²) >= 11 is 0. The topological polar surface area (TPSA) is 85.8 Å². The molecule has 170 valence electrons. The number of aliphatic imine (C=N–C) groups is 1. The maximum Gasteiger partial charge on any atom is 0.240 e. The highest BCUT2D eigenvalue weighted by Crippen LogP contribution is 2.22. The number of hydrogen-bond donors (Lipinski definition) is 3. The van der Waals surface area contributed by atoms with Crippen molar-refractivity contribution in [1.29, 1.82) is 0 Å².